The Morgan fingerprint density at radius 1 is 1.07 bits per heavy atom. The molecule has 0 bridgehead atoms. The number of rotatable bonds is 7. The molecule has 0 aliphatic carbocycles. The van der Waals surface area contributed by atoms with Crippen LogP contribution in [0.3, 0.4) is 0 Å². The Morgan fingerprint density at radius 2 is 1.59 bits per heavy atom. The van der Waals surface area contributed by atoms with E-state index in [0.717, 1.165) is 17.4 Å². The summed E-state index contributed by atoms with van der Waals surface area (Å²) in [6.07, 6.45) is -0.0213. The smallest absolute Gasteiger partial charge is 0.152 e. The predicted molar refractivity (Wildman–Crippen MR) is 108 cm³/mol. The average Bonchev–Trinajstić information content (AvgIpc) is 2.56. The number of aromatic hydroxyl groups is 1. The first-order chi connectivity index (χ1) is 12.4. The Morgan fingerprint density at radius 3 is 2.07 bits per heavy atom. The quantitative estimate of drug-likeness (QED) is 0.694. The maximum atomic E-state index is 11.2. The van der Waals surface area contributed by atoms with Gasteiger partial charge in [0.25, 0.3) is 0 Å². The first kappa shape index (κ1) is 21.8. The van der Waals surface area contributed by atoms with E-state index in [1.54, 1.807) is 24.3 Å². The van der Waals surface area contributed by atoms with Crippen LogP contribution in [-0.4, -0.2) is 43.4 Å². The number of phenols is 1. The molecule has 1 atom stereocenters. The normalized spacial score (nSPS) is 13.4. The van der Waals surface area contributed by atoms with E-state index in [2.05, 4.69) is 0 Å². The van der Waals surface area contributed by atoms with Gasteiger partial charge in [0.15, 0.2) is 5.75 Å². The second-order valence-electron chi connectivity index (χ2n) is 7.00. The zero-order chi connectivity index (χ0) is 20.4. The van der Waals surface area contributed by atoms with Crippen molar-refractivity contribution in [2.75, 3.05) is 18.6 Å². The number of sulfone groups is 1. The molecule has 0 saturated carbocycles. The third-order valence-corrected chi connectivity index (χ3v) is 5.82. The van der Waals surface area contributed by atoms with Crippen LogP contribution in [0.1, 0.15) is 25.0 Å². The minimum atomic E-state index is -3.26. The van der Waals surface area contributed by atoms with E-state index in [4.69, 9.17) is 27.9 Å². The third kappa shape index (κ3) is 5.75. The number of benzene rings is 2. The Hall–Kier alpha value is -1.47. The van der Waals surface area contributed by atoms with Gasteiger partial charge in [-0.15, -0.1) is 0 Å². The maximum Gasteiger partial charge on any atom is 0.152 e. The van der Waals surface area contributed by atoms with Crippen LogP contribution in [0.15, 0.2) is 36.4 Å². The summed E-state index contributed by atoms with van der Waals surface area (Å²) in [5, 5.41) is 19.8. The van der Waals surface area contributed by atoms with E-state index in [0.29, 0.717) is 5.75 Å². The number of hydrogen-bond donors (Lipinski definition) is 2. The number of halogens is 2. The predicted octanol–water partition coefficient (Wildman–Crippen LogP) is 3.81. The number of aliphatic hydroxyl groups excluding tert-OH is 1. The monoisotopic (exact) mass is 432 g/mol. The van der Waals surface area contributed by atoms with E-state index in [9.17, 15) is 18.6 Å². The van der Waals surface area contributed by atoms with E-state index in [-0.39, 0.29) is 28.2 Å². The Balaban J connectivity index is 2.14. The Bertz CT molecular complexity index is 885. The minimum absolute atomic E-state index is 0.112. The molecule has 2 aromatic carbocycles. The Kier molecular flexibility index (Phi) is 6.68. The van der Waals surface area contributed by atoms with Crippen molar-refractivity contribution in [3.05, 3.63) is 57.6 Å². The molecule has 2 aromatic rings. The van der Waals surface area contributed by atoms with E-state index < -0.39 is 21.4 Å². The van der Waals surface area contributed by atoms with Crippen LogP contribution in [0.2, 0.25) is 10.0 Å². The van der Waals surface area contributed by atoms with Crippen molar-refractivity contribution in [3.63, 3.8) is 0 Å². The van der Waals surface area contributed by atoms with Crippen molar-refractivity contribution in [2.45, 2.75) is 25.4 Å². The lowest BCUT2D eigenvalue weighted by atomic mass is 9.78. The highest BCUT2D eigenvalue weighted by Gasteiger charge is 2.25. The number of ether oxygens (including phenoxy) is 1. The van der Waals surface area contributed by atoms with Crippen molar-refractivity contribution >= 4 is 33.0 Å². The second kappa shape index (κ2) is 8.27. The fourth-order valence-electron chi connectivity index (χ4n) is 2.65. The molecule has 8 heteroatoms. The van der Waals surface area contributed by atoms with Crippen molar-refractivity contribution in [2.24, 2.45) is 0 Å². The third-order valence-electron chi connectivity index (χ3n) is 4.25. The molecule has 0 spiro atoms. The first-order valence-electron chi connectivity index (χ1n) is 8.18. The summed E-state index contributed by atoms with van der Waals surface area (Å²) in [5.74, 6) is 0.0266. The summed E-state index contributed by atoms with van der Waals surface area (Å²) in [6.45, 7) is 3.88. The van der Waals surface area contributed by atoms with Crippen LogP contribution >= 0.6 is 23.2 Å². The van der Waals surface area contributed by atoms with Crippen molar-refractivity contribution in [1.29, 1.82) is 0 Å². The zero-order valence-corrected chi connectivity index (χ0v) is 17.6. The number of hydrogen-bond acceptors (Lipinski definition) is 5. The van der Waals surface area contributed by atoms with Gasteiger partial charge < -0.3 is 14.9 Å². The molecule has 0 saturated heterocycles. The topological polar surface area (TPSA) is 83.8 Å². The summed E-state index contributed by atoms with van der Waals surface area (Å²) in [7, 11) is -3.26. The zero-order valence-electron chi connectivity index (χ0n) is 15.2. The number of aliphatic hydroxyl groups is 1. The molecular formula is C19H22Cl2O5S. The van der Waals surface area contributed by atoms with Crippen LogP contribution in [0.25, 0.3) is 0 Å². The van der Waals surface area contributed by atoms with Gasteiger partial charge >= 0.3 is 0 Å². The average molecular weight is 433 g/mol. The molecule has 0 amide bonds. The molecule has 0 aliphatic heterocycles. The summed E-state index contributed by atoms with van der Waals surface area (Å²) in [4.78, 5) is 0. The molecular weight excluding hydrogens is 411 g/mol. The largest absolute Gasteiger partial charge is 0.505 e. The second-order valence-corrected chi connectivity index (χ2v) is 9.99. The summed E-state index contributed by atoms with van der Waals surface area (Å²) >= 11 is 12.1. The van der Waals surface area contributed by atoms with Gasteiger partial charge in [0.2, 0.25) is 0 Å². The molecule has 148 valence electrons. The molecule has 5 nitrogen and oxygen atoms in total. The maximum absolute atomic E-state index is 11.2. The fourth-order valence-corrected chi connectivity index (χ4v) is 3.93. The lowest BCUT2D eigenvalue weighted by Gasteiger charge is -2.27. The molecule has 1 unspecified atom stereocenters. The van der Waals surface area contributed by atoms with Gasteiger partial charge in [-0.1, -0.05) is 49.2 Å². The highest BCUT2D eigenvalue weighted by atomic mass is 35.5. The van der Waals surface area contributed by atoms with Crippen molar-refractivity contribution in [1.82, 2.24) is 0 Å². The SMILES string of the molecule is CC(C)(c1ccc(OCC(O)CS(C)(=O)=O)cc1)c1cc(Cl)c(O)c(Cl)c1. The van der Waals surface area contributed by atoms with E-state index >= 15 is 0 Å². The standard InChI is InChI=1S/C19H22Cl2O5S/c1-19(2,13-8-16(20)18(23)17(21)9-13)12-4-6-15(7-5-12)26-10-14(22)11-27(3,24)25/h4-9,14,22-23H,10-11H2,1-3H3. The van der Waals surface area contributed by atoms with Crippen LogP contribution < -0.4 is 4.74 Å². The van der Waals surface area contributed by atoms with Gasteiger partial charge in [0, 0.05) is 11.7 Å². The fraction of sp³-hybridized carbons (Fsp3) is 0.368. The van der Waals surface area contributed by atoms with E-state index in [1.807, 2.05) is 26.0 Å². The molecule has 27 heavy (non-hydrogen) atoms. The van der Waals surface area contributed by atoms with Crippen LogP contribution in [0.5, 0.6) is 11.5 Å². The minimum Gasteiger partial charge on any atom is -0.505 e. The highest BCUT2D eigenvalue weighted by molar-refractivity contribution is 7.90. The first-order valence-corrected chi connectivity index (χ1v) is 11.0. The van der Waals surface area contributed by atoms with Gasteiger partial charge in [-0.3, -0.25) is 0 Å². The molecule has 0 aromatic heterocycles. The Labute approximate surface area is 169 Å². The van der Waals surface area contributed by atoms with Gasteiger partial charge in [0.1, 0.15) is 28.3 Å². The van der Waals surface area contributed by atoms with Gasteiger partial charge in [-0.2, -0.15) is 0 Å². The molecule has 0 aliphatic rings. The molecule has 2 rings (SSSR count). The summed E-state index contributed by atoms with van der Waals surface area (Å²) in [6, 6.07) is 10.6. The van der Waals surface area contributed by atoms with Crippen molar-refractivity contribution in [3.8, 4) is 11.5 Å². The molecule has 0 heterocycles. The van der Waals surface area contributed by atoms with Gasteiger partial charge in [-0.25, -0.2) is 8.42 Å². The molecule has 0 fully saturated rings. The number of phenolic OH excluding ortho intramolecular Hbond substituents is 1. The lowest BCUT2D eigenvalue weighted by molar-refractivity contribution is 0.125. The molecule has 0 radical (unpaired) electrons. The van der Waals surface area contributed by atoms with Crippen molar-refractivity contribution < 1.29 is 23.4 Å². The summed E-state index contributed by atoms with van der Waals surface area (Å²) in [5.41, 5.74) is 1.37. The van der Waals surface area contributed by atoms with Gasteiger partial charge in [0.05, 0.1) is 15.8 Å². The highest BCUT2D eigenvalue weighted by Crippen LogP contribution is 2.39. The van der Waals surface area contributed by atoms with Crippen LogP contribution in [0, 0.1) is 0 Å². The van der Waals surface area contributed by atoms with Gasteiger partial charge in [-0.05, 0) is 35.4 Å². The van der Waals surface area contributed by atoms with E-state index in [1.165, 1.54) is 0 Å². The molecule has 2 N–H and O–H groups in total. The van der Waals surface area contributed by atoms with Crippen LogP contribution in [-0.2, 0) is 15.3 Å². The van der Waals surface area contributed by atoms with Crippen LogP contribution in [0.4, 0.5) is 0 Å². The lowest BCUT2D eigenvalue weighted by Crippen LogP contribution is -2.26. The summed E-state index contributed by atoms with van der Waals surface area (Å²) < 4.78 is 27.8.